The van der Waals surface area contributed by atoms with Crippen molar-refractivity contribution in [1.82, 2.24) is 10.2 Å². The molecule has 0 spiro atoms. The van der Waals surface area contributed by atoms with E-state index in [9.17, 15) is 34.9 Å². The smallest absolute Gasteiger partial charge is 0.480 e. The molecule has 0 atom stereocenters. The van der Waals surface area contributed by atoms with Crippen LogP contribution in [0.5, 0.6) is 0 Å². The van der Waals surface area contributed by atoms with Crippen molar-refractivity contribution in [2.45, 2.75) is 13.1 Å². The Kier molecular flexibility index (Phi) is 7.42. The number of nitro benzene ring substituents is 1. The summed E-state index contributed by atoms with van der Waals surface area (Å²) in [5.41, 5.74) is 0.656. The van der Waals surface area contributed by atoms with Crippen LogP contribution < -0.4 is 10.8 Å². The number of benzene rings is 2. The average Bonchev–Trinajstić information content (AvgIpc) is 2.66. The van der Waals surface area contributed by atoms with Crippen LogP contribution in [0.25, 0.3) is 0 Å². The first-order valence-corrected chi connectivity index (χ1v) is 8.60. The van der Waals surface area contributed by atoms with Gasteiger partial charge in [0.05, 0.1) is 4.92 Å². The van der Waals surface area contributed by atoms with Crippen molar-refractivity contribution in [2.75, 3.05) is 13.6 Å². The summed E-state index contributed by atoms with van der Waals surface area (Å²) < 4.78 is 0. The quantitative estimate of drug-likeness (QED) is 0.254. The maximum atomic E-state index is 12.9. The molecule has 0 bridgehead atoms. The predicted octanol–water partition coefficient (Wildman–Crippen LogP) is -0.279. The molecule has 0 fully saturated rings. The Morgan fingerprint density at radius 1 is 1.17 bits per heavy atom. The maximum Gasteiger partial charge on any atom is 0.488 e. The number of carbonyl (C=O) groups is 2. The van der Waals surface area contributed by atoms with Gasteiger partial charge in [0.2, 0.25) is 0 Å². The van der Waals surface area contributed by atoms with E-state index in [2.05, 4.69) is 5.32 Å². The van der Waals surface area contributed by atoms with E-state index in [1.165, 1.54) is 0 Å². The minimum Gasteiger partial charge on any atom is -0.480 e. The van der Waals surface area contributed by atoms with Crippen molar-refractivity contribution in [3.63, 3.8) is 0 Å². The fraction of sp³-hybridized carbons (Fsp3) is 0.222. The molecule has 4 N–H and O–H groups in total. The van der Waals surface area contributed by atoms with E-state index in [-0.39, 0.29) is 17.6 Å². The fourth-order valence-corrected chi connectivity index (χ4v) is 2.82. The number of hydrogen-bond donors (Lipinski definition) is 4. The number of nitrogens with one attached hydrogen (secondary N) is 1. The number of carboxylic acids is 1. The highest BCUT2D eigenvalue weighted by atomic mass is 16.6. The lowest BCUT2D eigenvalue weighted by Crippen LogP contribution is -2.37. The summed E-state index contributed by atoms with van der Waals surface area (Å²) in [6.07, 6.45) is 0. The Morgan fingerprint density at radius 2 is 1.86 bits per heavy atom. The summed E-state index contributed by atoms with van der Waals surface area (Å²) >= 11 is 0. The third-order valence-corrected chi connectivity index (χ3v) is 4.06. The lowest BCUT2D eigenvalue weighted by atomic mass is 9.79. The van der Waals surface area contributed by atoms with E-state index in [4.69, 9.17) is 0 Å². The molecule has 1 amide bonds. The van der Waals surface area contributed by atoms with E-state index < -0.39 is 36.2 Å². The summed E-state index contributed by atoms with van der Waals surface area (Å²) in [5.74, 6) is -2.03. The van der Waals surface area contributed by atoms with E-state index >= 15 is 0 Å². The molecule has 2 rings (SSSR count). The molecule has 0 unspecified atom stereocenters. The van der Waals surface area contributed by atoms with Crippen LogP contribution in [-0.2, 0) is 17.9 Å². The topological polar surface area (TPSA) is 153 Å². The van der Waals surface area contributed by atoms with Crippen LogP contribution >= 0.6 is 0 Å². The molecule has 2 aromatic carbocycles. The van der Waals surface area contributed by atoms with Gasteiger partial charge in [0, 0.05) is 30.8 Å². The van der Waals surface area contributed by atoms with Gasteiger partial charge < -0.3 is 25.4 Å². The number of hydrogen-bond acceptors (Lipinski definition) is 7. The molecule has 0 aliphatic heterocycles. The van der Waals surface area contributed by atoms with E-state index in [0.717, 1.165) is 28.7 Å². The van der Waals surface area contributed by atoms with E-state index in [0.29, 0.717) is 12.1 Å². The average molecular weight is 401 g/mol. The van der Waals surface area contributed by atoms with E-state index in [1.54, 1.807) is 19.2 Å². The van der Waals surface area contributed by atoms with Gasteiger partial charge in [-0.05, 0) is 29.7 Å². The zero-order valence-electron chi connectivity index (χ0n) is 15.6. The van der Waals surface area contributed by atoms with Crippen LogP contribution in [0.3, 0.4) is 0 Å². The molecule has 2 aromatic rings. The van der Waals surface area contributed by atoms with Crippen LogP contribution in [0.1, 0.15) is 21.5 Å². The van der Waals surface area contributed by atoms with Crippen molar-refractivity contribution < 1.29 is 29.7 Å². The highest BCUT2D eigenvalue weighted by molar-refractivity contribution is 6.58. The summed E-state index contributed by atoms with van der Waals surface area (Å²) in [6.45, 7) is -0.0828. The zero-order chi connectivity index (χ0) is 21.6. The van der Waals surface area contributed by atoms with Gasteiger partial charge in [0.1, 0.15) is 6.54 Å². The molecule has 0 aliphatic rings. The van der Waals surface area contributed by atoms with Gasteiger partial charge in [0.15, 0.2) is 0 Å². The standard InChI is InChI=1S/C18H20BN3O7/c1-20-9-12-3-2-4-13(5-12)10-21(11-17(23)24)18(25)14-6-15(19(26)27)8-16(7-14)22(28)29/h2-8,20,26-27H,9-11H2,1H3,(H,23,24). The Hall–Kier alpha value is -3.28. The largest absolute Gasteiger partial charge is 0.488 e. The molecule has 152 valence electrons. The first-order chi connectivity index (χ1) is 13.7. The van der Waals surface area contributed by atoms with Crippen molar-refractivity contribution in [1.29, 1.82) is 0 Å². The second-order valence-corrected chi connectivity index (χ2v) is 6.35. The number of nitro groups is 1. The molecule has 11 heteroatoms. The molecule has 10 nitrogen and oxygen atoms in total. The summed E-state index contributed by atoms with van der Waals surface area (Å²) in [7, 11) is -0.241. The Morgan fingerprint density at radius 3 is 2.45 bits per heavy atom. The van der Waals surface area contributed by atoms with Gasteiger partial charge in [-0.2, -0.15) is 0 Å². The van der Waals surface area contributed by atoms with Crippen molar-refractivity contribution in [3.8, 4) is 0 Å². The monoisotopic (exact) mass is 401 g/mol. The summed E-state index contributed by atoms with van der Waals surface area (Å²) in [4.78, 5) is 35.5. The van der Waals surface area contributed by atoms with Crippen LogP contribution in [0.15, 0.2) is 42.5 Å². The number of nitrogens with zero attached hydrogens (tertiary/aromatic N) is 2. The van der Waals surface area contributed by atoms with Gasteiger partial charge in [-0.15, -0.1) is 0 Å². The van der Waals surface area contributed by atoms with Crippen molar-refractivity contribution >= 4 is 30.1 Å². The van der Waals surface area contributed by atoms with Gasteiger partial charge in [0.25, 0.3) is 11.6 Å². The molecule has 0 heterocycles. The second kappa shape index (κ2) is 9.78. The molecule has 0 saturated heterocycles. The van der Waals surface area contributed by atoms with Gasteiger partial charge in [-0.1, -0.05) is 24.3 Å². The number of non-ortho nitro benzene ring substituents is 1. The van der Waals surface area contributed by atoms with E-state index in [1.807, 2.05) is 12.1 Å². The SMILES string of the molecule is CNCc1cccc(CN(CC(=O)O)C(=O)c2cc(B(O)O)cc([N+](=O)[O-])c2)c1. The molecule has 0 aromatic heterocycles. The molecular weight excluding hydrogens is 381 g/mol. The fourth-order valence-electron chi connectivity index (χ4n) is 2.82. The number of carboxylic acid groups (broad SMARTS) is 1. The van der Waals surface area contributed by atoms with Crippen LogP contribution in [0.4, 0.5) is 5.69 Å². The molecule has 0 aliphatic carbocycles. The highest BCUT2D eigenvalue weighted by Gasteiger charge is 2.24. The molecule has 0 saturated carbocycles. The third kappa shape index (κ3) is 6.11. The molecular formula is C18H20BN3O7. The van der Waals surface area contributed by atoms with Crippen LogP contribution in [-0.4, -0.2) is 57.6 Å². The number of carbonyl (C=O) groups excluding carboxylic acids is 1. The second-order valence-electron chi connectivity index (χ2n) is 6.35. The van der Waals surface area contributed by atoms with Crippen LogP contribution in [0, 0.1) is 10.1 Å². The van der Waals surface area contributed by atoms with Crippen molar-refractivity contribution in [2.24, 2.45) is 0 Å². The van der Waals surface area contributed by atoms with Crippen LogP contribution in [0.2, 0.25) is 0 Å². The Bertz CT molecular complexity index is 920. The minimum atomic E-state index is -2.02. The first-order valence-electron chi connectivity index (χ1n) is 8.60. The van der Waals surface area contributed by atoms with Crippen molar-refractivity contribution in [3.05, 3.63) is 69.3 Å². The number of rotatable bonds is 9. The Balaban J connectivity index is 2.39. The summed E-state index contributed by atoms with van der Waals surface area (Å²) in [6, 6.07) is 10.2. The molecule has 29 heavy (non-hydrogen) atoms. The predicted molar refractivity (Wildman–Crippen MR) is 105 cm³/mol. The lowest BCUT2D eigenvalue weighted by molar-refractivity contribution is -0.384. The minimum absolute atomic E-state index is 0.0393. The maximum absolute atomic E-state index is 12.9. The Labute approximate surface area is 166 Å². The lowest BCUT2D eigenvalue weighted by Gasteiger charge is -2.21. The third-order valence-electron chi connectivity index (χ3n) is 4.06. The van der Waals surface area contributed by atoms with Gasteiger partial charge >= 0.3 is 13.1 Å². The zero-order valence-corrected chi connectivity index (χ0v) is 15.6. The first kappa shape index (κ1) is 22.0. The number of amides is 1. The summed E-state index contributed by atoms with van der Waals surface area (Å²) in [5, 5.41) is 42.0. The van der Waals surface area contributed by atoms with Gasteiger partial charge in [-0.25, -0.2) is 0 Å². The van der Waals surface area contributed by atoms with Gasteiger partial charge in [-0.3, -0.25) is 19.7 Å². The normalized spacial score (nSPS) is 10.4. The molecule has 0 radical (unpaired) electrons. The number of aliphatic carboxylic acids is 1. The highest BCUT2D eigenvalue weighted by Crippen LogP contribution is 2.16.